The summed E-state index contributed by atoms with van der Waals surface area (Å²) in [5.41, 5.74) is 12.2. The molecule has 0 aliphatic heterocycles. The third kappa shape index (κ3) is 5.28. The van der Waals surface area contributed by atoms with E-state index in [0.717, 1.165) is 44.3 Å². The fraction of sp³-hybridized carbons (Fsp3) is 0.0625. The lowest BCUT2D eigenvalue weighted by Crippen LogP contribution is -2.14. The van der Waals surface area contributed by atoms with Gasteiger partial charge in [-0.15, -0.1) is 0 Å². The maximum absolute atomic E-state index is 5.17. The first-order chi connectivity index (χ1) is 26.0. The molecule has 9 aromatic rings. The zero-order valence-corrected chi connectivity index (χ0v) is 29.3. The third-order valence-electron chi connectivity index (χ3n) is 10.6. The van der Waals surface area contributed by atoms with E-state index in [-0.39, 0.29) is 5.41 Å². The normalized spacial score (nSPS) is 12.9. The zero-order valence-electron chi connectivity index (χ0n) is 29.3. The minimum atomic E-state index is -0.0396. The first-order valence-corrected chi connectivity index (χ1v) is 17.9. The minimum absolute atomic E-state index is 0.0396. The number of nitrogens with zero attached hydrogens (tertiary/aromatic N) is 5. The zero-order chi connectivity index (χ0) is 35.5. The molecule has 6 aromatic carbocycles. The molecule has 0 amide bonds. The van der Waals surface area contributed by atoms with Gasteiger partial charge in [0.15, 0.2) is 17.5 Å². The Morgan fingerprint density at radius 3 is 1.64 bits per heavy atom. The monoisotopic (exact) mass is 679 g/mol. The van der Waals surface area contributed by atoms with Crippen LogP contribution in [0.4, 0.5) is 0 Å². The first kappa shape index (κ1) is 30.9. The first-order valence-electron chi connectivity index (χ1n) is 17.9. The molecule has 0 saturated heterocycles. The van der Waals surface area contributed by atoms with Crippen molar-refractivity contribution in [3.8, 4) is 67.5 Å². The summed E-state index contributed by atoms with van der Waals surface area (Å²) < 4.78 is 0. The molecule has 10 rings (SSSR count). The van der Waals surface area contributed by atoms with Gasteiger partial charge in [0.2, 0.25) is 0 Å². The number of hydrogen-bond acceptors (Lipinski definition) is 5. The molecule has 1 aliphatic carbocycles. The summed E-state index contributed by atoms with van der Waals surface area (Å²) >= 11 is 0. The number of benzene rings is 6. The Bertz CT molecular complexity index is 2790. The number of fused-ring (bicyclic) bond motifs is 6. The molecule has 0 saturated carbocycles. The quantitative estimate of drug-likeness (QED) is 0.169. The Kier molecular flexibility index (Phi) is 7.08. The molecular weight excluding hydrogens is 647 g/mol. The Hall–Kier alpha value is -6.85. The highest BCUT2D eigenvalue weighted by Crippen LogP contribution is 2.50. The van der Waals surface area contributed by atoms with Gasteiger partial charge in [-0.2, -0.15) is 0 Å². The molecule has 0 spiro atoms. The van der Waals surface area contributed by atoms with Crippen molar-refractivity contribution in [3.63, 3.8) is 0 Å². The highest BCUT2D eigenvalue weighted by Gasteiger charge is 2.35. The van der Waals surface area contributed by atoms with Crippen molar-refractivity contribution < 1.29 is 0 Å². The summed E-state index contributed by atoms with van der Waals surface area (Å²) in [4.78, 5) is 24.1. The van der Waals surface area contributed by atoms with Crippen LogP contribution in [0.3, 0.4) is 0 Å². The highest BCUT2D eigenvalue weighted by molar-refractivity contribution is 6.10. The lowest BCUT2D eigenvalue weighted by molar-refractivity contribution is 0.661. The molecule has 0 atom stereocenters. The lowest BCUT2D eigenvalue weighted by atomic mass is 9.81. The molecular formula is C48H33N5. The van der Waals surface area contributed by atoms with Crippen LogP contribution in [0.25, 0.3) is 89.1 Å². The van der Waals surface area contributed by atoms with Crippen LogP contribution in [0, 0.1) is 0 Å². The molecule has 0 unspecified atom stereocenters. The van der Waals surface area contributed by atoms with E-state index in [1.165, 1.54) is 38.4 Å². The third-order valence-corrected chi connectivity index (χ3v) is 10.6. The van der Waals surface area contributed by atoms with Crippen LogP contribution in [0.1, 0.15) is 25.0 Å². The number of pyridine rings is 2. The van der Waals surface area contributed by atoms with E-state index in [2.05, 4.69) is 121 Å². The van der Waals surface area contributed by atoms with Crippen LogP contribution < -0.4 is 0 Å². The van der Waals surface area contributed by atoms with E-state index in [1.54, 1.807) is 12.4 Å². The molecule has 5 heteroatoms. The number of hydrogen-bond donors (Lipinski definition) is 0. The topological polar surface area (TPSA) is 64.5 Å². The fourth-order valence-corrected chi connectivity index (χ4v) is 7.91. The standard InChI is InChI=1S/C48H33N5/c1-48(2)43-15-7-6-14-40(43)42-27-41-32(26-44(42)48)17-16-31-22-33(18-19-39(31)41)46-51-45(30-10-4-3-5-11-30)52-47(53-46)38-24-36(34-12-8-20-49-28-34)23-37(25-38)35-13-9-21-50-29-35/h3-29H,1-2H3. The predicted molar refractivity (Wildman–Crippen MR) is 215 cm³/mol. The smallest absolute Gasteiger partial charge is 0.164 e. The van der Waals surface area contributed by atoms with Gasteiger partial charge in [0.25, 0.3) is 0 Å². The number of rotatable bonds is 5. The van der Waals surface area contributed by atoms with E-state index >= 15 is 0 Å². The fourth-order valence-electron chi connectivity index (χ4n) is 7.91. The van der Waals surface area contributed by atoms with Crippen molar-refractivity contribution >= 4 is 21.5 Å². The van der Waals surface area contributed by atoms with Gasteiger partial charge in [0, 0.05) is 58.0 Å². The number of aromatic nitrogens is 5. The maximum atomic E-state index is 5.17. The molecule has 0 fully saturated rings. The summed E-state index contributed by atoms with van der Waals surface area (Å²) in [5, 5.41) is 4.84. The largest absolute Gasteiger partial charge is 0.264 e. The van der Waals surface area contributed by atoms with E-state index in [0.29, 0.717) is 17.5 Å². The molecule has 3 heterocycles. The van der Waals surface area contributed by atoms with Crippen LogP contribution in [0.5, 0.6) is 0 Å². The van der Waals surface area contributed by atoms with Crippen molar-refractivity contribution in [2.75, 3.05) is 0 Å². The molecule has 0 radical (unpaired) electrons. The van der Waals surface area contributed by atoms with Crippen molar-refractivity contribution in [2.24, 2.45) is 0 Å². The van der Waals surface area contributed by atoms with Gasteiger partial charge in [-0.1, -0.05) is 105 Å². The Balaban J connectivity index is 1.14. The average Bonchev–Trinajstić information content (AvgIpc) is 3.45. The van der Waals surface area contributed by atoms with Crippen molar-refractivity contribution in [1.82, 2.24) is 24.9 Å². The summed E-state index contributed by atoms with van der Waals surface area (Å²) in [6.07, 6.45) is 7.34. The average molecular weight is 680 g/mol. The van der Waals surface area contributed by atoms with Crippen LogP contribution in [0.15, 0.2) is 164 Å². The summed E-state index contributed by atoms with van der Waals surface area (Å²) in [6.45, 7) is 4.66. The van der Waals surface area contributed by atoms with Crippen molar-refractivity contribution in [3.05, 3.63) is 175 Å². The van der Waals surface area contributed by atoms with Gasteiger partial charge < -0.3 is 0 Å². The molecule has 53 heavy (non-hydrogen) atoms. The van der Waals surface area contributed by atoms with Crippen LogP contribution in [0.2, 0.25) is 0 Å². The van der Waals surface area contributed by atoms with E-state index < -0.39 is 0 Å². The predicted octanol–water partition coefficient (Wildman–Crippen LogP) is 11.6. The lowest BCUT2D eigenvalue weighted by Gasteiger charge is -2.21. The van der Waals surface area contributed by atoms with E-state index in [9.17, 15) is 0 Å². The van der Waals surface area contributed by atoms with Gasteiger partial charge in [-0.3, -0.25) is 9.97 Å². The summed E-state index contributed by atoms with van der Waals surface area (Å²) in [6, 6.07) is 49.3. The van der Waals surface area contributed by atoms with Gasteiger partial charge in [-0.05, 0) is 103 Å². The van der Waals surface area contributed by atoms with Crippen LogP contribution in [-0.4, -0.2) is 24.9 Å². The maximum Gasteiger partial charge on any atom is 0.164 e. The van der Waals surface area contributed by atoms with Crippen LogP contribution >= 0.6 is 0 Å². The molecule has 250 valence electrons. The minimum Gasteiger partial charge on any atom is -0.264 e. The van der Waals surface area contributed by atoms with E-state index in [1.807, 2.05) is 54.9 Å². The second-order valence-electron chi connectivity index (χ2n) is 14.2. The second kappa shape index (κ2) is 12.1. The Morgan fingerprint density at radius 2 is 0.962 bits per heavy atom. The molecule has 1 aliphatic rings. The molecule has 5 nitrogen and oxygen atoms in total. The Morgan fingerprint density at radius 1 is 0.377 bits per heavy atom. The SMILES string of the molecule is CC1(C)c2ccccc2-c2cc3c(ccc4cc(-c5nc(-c6ccccc6)nc(-c6cc(-c7cccnc7)cc(-c7cccnc7)c6)n5)ccc43)cc21. The van der Waals surface area contributed by atoms with Crippen molar-refractivity contribution in [1.29, 1.82) is 0 Å². The van der Waals surface area contributed by atoms with Gasteiger partial charge in [-0.25, -0.2) is 15.0 Å². The molecule has 3 aromatic heterocycles. The van der Waals surface area contributed by atoms with Gasteiger partial charge in [0.05, 0.1) is 0 Å². The van der Waals surface area contributed by atoms with Gasteiger partial charge in [0.1, 0.15) is 0 Å². The molecule has 0 bridgehead atoms. The Labute approximate surface area is 307 Å². The summed E-state index contributed by atoms with van der Waals surface area (Å²) in [7, 11) is 0. The second-order valence-corrected chi connectivity index (χ2v) is 14.2. The van der Waals surface area contributed by atoms with Gasteiger partial charge >= 0.3 is 0 Å². The highest BCUT2D eigenvalue weighted by atomic mass is 15.0. The van der Waals surface area contributed by atoms with E-state index in [4.69, 9.17) is 15.0 Å². The molecule has 0 N–H and O–H groups in total. The summed E-state index contributed by atoms with van der Waals surface area (Å²) in [5.74, 6) is 1.84. The van der Waals surface area contributed by atoms with Crippen LogP contribution in [-0.2, 0) is 5.41 Å². The van der Waals surface area contributed by atoms with Crippen molar-refractivity contribution in [2.45, 2.75) is 19.3 Å².